The van der Waals surface area contributed by atoms with Gasteiger partial charge in [0.1, 0.15) is 5.75 Å². The highest BCUT2D eigenvalue weighted by Crippen LogP contribution is 2.10. The van der Waals surface area contributed by atoms with Crippen molar-refractivity contribution in [2.75, 3.05) is 13.7 Å². The Balaban J connectivity index is 2.67. The molecule has 12 heavy (non-hydrogen) atoms. The molecule has 0 saturated carbocycles. The lowest BCUT2D eigenvalue weighted by Gasteiger charge is -2.04. The predicted octanol–water partition coefficient (Wildman–Crippen LogP) is 1.20. The minimum atomic E-state index is 0.697. The average Bonchev–Trinajstić information content (AvgIpc) is 2.06. The zero-order valence-corrected chi connectivity index (χ0v) is 7.50. The highest BCUT2D eigenvalue weighted by Gasteiger charge is 1.95. The van der Waals surface area contributed by atoms with Crippen molar-refractivity contribution in [2.45, 2.75) is 13.5 Å². The maximum atomic E-state index is 5.33. The number of hydrogen-bond acceptors (Lipinski definition) is 3. The second kappa shape index (κ2) is 4.72. The van der Waals surface area contributed by atoms with Gasteiger partial charge in [0.15, 0.2) is 0 Å². The van der Waals surface area contributed by atoms with Crippen molar-refractivity contribution in [3.05, 3.63) is 24.0 Å². The molecule has 1 rings (SSSR count). The van der Waals surface area contributed by atoms with Gasteiger partial charge in [-0.15, -0.1) is 0 Å². The van der Waals surface area contributed by atoms with Gasteiger partial charge in [0.05, 0.1) is 12.3 Å². The van der Waals surface area contributed by atoms with E-state index in [1.807, 2.05) is 26.1 Å². The molecule has 0 bridgehead atoms. The first kappa shape index (κ1) is 9.00. The zero-order valence-electron chi connectivity index (χ0n) is 7.50. The molecule has 1 aromatic heterocycles. The molecule has 1 N–H and O–H groups in total. The number of nitrogens with zero attached hydrogens (tertiary/aromatic N) is 1. The van der Waals surface area contributed by atoms with Crippen LogP contribution in [0, 0.1) is 0 Å². The summed E-state index contributed by atoms with van der Waals surface area (Å²) in [4.78, 5) is 4.17. The maximum absolute atomic E-state index is 5.33. The molecule has 0 atom stereocenters. The van der Waals surface area contributed by atoms with Gasteiger partial charge in [0, 0.05) is 18.8 Å². The summed E-state index contributed by atoms with van der Waals surface area (Å²) in [7, 11) is 1.90. The van der Waals surface area contributed by atoms with Crippen LogP contribution in [0.5, 0.6) is 5.75 Å². The van der Waals surface area contributed by atoms with E-state index >= 15 is 0 Å². The van der Waals surface area contributed by atoms with E-state index in [0.717, 1.165) is 18.0 Å². The first-order valence-electron chi connectivity index (χ1n) is 4.09. The van der Waals surface area contributed by atoms with Crippen molar-refractivity contribution in [3.63, 3.8) is 0 Å². The quantitative estimate of drug-likeness (QED) is 0.729. The van der Waals surface area contributed by atoms with Crippen molar-refractivity contribution in [2.24, 2.45) is 0 Å². The number of aromatic nitrogens is 1. The fourth-order valence-electron chi connectivity index (χ4n) is 0.990. The van der Waals surface area contributed by atoms with Gasteiger partial charge in [0.25, 0.3) is 0 Å². The van der Waals surface area contributed by atoms with Gasteiger partial charge in [-0.2, -0.15) is 0 Å². The van der Waals surface area contributed by atoms with E-state index in [1.165, 1.54) is 0 Å². The van der Waals surface area contributed by atoms with Gasteiger partial charge >= 0.3 is 0 Å². The summed E-state index contributed by atoms with van der Waals surface area (Å²) in [6.07, 6.45) is 1.76. The molecular weight excluding hydrogens is 152 g/mol. The number of hydrogen-bond donors (Lipinski definition) is 1. The topological polar surface area (TPSA) is 34.1 Å². The van der Waals surface area contributed by atoms with Crippen LogP contribution in [0.3, 0.4) is 0 Å². The SMILES string of the molecule is CCOc1ccnc(CNC)c1. The smallest absolute Gasteiger partial charge is 0.122 e. The Labute approximate surface area is 72.8 Å². The molecule has 0 unspecified atom stereocenters. The van der Waals surface area contributed by atoms with Crippen LogP contribution < -0.4 is 10.1 Å². The Morgan fingerprint density at radius 1 is 1.58 bits per heavy atom. The van der Waals surface area contributed by atoms with E-state index in [9.17, 15) is 0 Å². The molecule has 0 fully saturated rings. The summed E-state index contributed by atoms with van der Waals surface area (Å²) in [5.74, 6) is 0.887. The molecule has 0 spiro atoms. The molecular formula is C9H14N2O. The lowest BCUT2D eigenvalue weighted by molar-refractivity contribution is 0.339. The molecule has 0 radical (unpaired) electrons. The van der Waals surface area contributed by atoms with E-state index in [0.29, 0.717) is 6.61 Å². The summed E-state index contributed by atoms with van der Waals surface area (Å²) in [6, 6.07) is 3.81. The van der Waals surface area contributed by atoms with Gasteiger partial charge in [-0.3, -0.25) is 4.98 Å². The Morgan fingerprint density at radius 2 is 2.42 bits per heavy atom. The average molecular weight is 166 g/mol. The molecule has 0 amide bonds. The lowest BCUT2D eigenvalue weighted by Crippen LogP contribution is -2.06. The Bertz CT molecular complexity index is 216. The van der Waals surface area contributed by atoms with Crippen LogP contribution in [-0.4, -0.2) is 18.6 Å². The zero-order chi connectivity index (χ0) is 8.81. The fourth-order valence-corrected chi connectivity index (χ4v) is 0.990. The second-order valence-electron chi connectivity index (χ2n) is 2.45. The van der Waals surface area contributed by atoms with E-state index < -0.39 is 0 Å². The van der Waals surface area contributed by atoms with Crippen LogP contribution in [-0.2, 0) is 6.54 Å². The minimum absolute atomic E-state index is 0.697. The van der Waals surface area contributed by atoms with E-state index in [4.69, 9.17) is 4.74 Å². The van der Waals surface area contributed by atoms with E-state index in [1.54, 1.807) is 6.20 Å². The summed E-state index contributed by atoms with van der Waals surface area (Å²) >= 11 is 0. The summed E-state index contributed by atoms with van der Waals surface area (Å²) < 4.78 is 5.33. The molecule has 3 heteroatoms. The summed E-state index contributed by atoms with van der Waals surface area (Å²) in [5.41, 5.74) is 1.00. The third kappa shape index (κ3) is 2.51. The molecule has 3 nitrogen and oxygen atoms in total. The van der Waals surface area contributed by atoms with Crippen molar-refractivity contribution in [3.8, 4) is 5.75 Å². The minimum Gasteiger partial charge on any atom is -0.494 e. The van der Waals surface area contributed by atoms with Crippen molar-refractivity contribution in [1.29, 1.82) is 0 Å². The molecule has 1 heterocycles. The van der Waals surface area contributed by atoms with Gasteiger partial charge in [0.2, 0.25) is 0 Å². The maximum Gasteiger partial charge on any atom is 0.122 e. The lowest BCUT2D eigenvalue weighted by atomic mass is 10.3. The third-order valence-corrected chi connectivity index (χ3v) is 1.46. The van der Waals surface area contributed by atoms with Crippen molar-refractivity contribution < 1.29 is 4.74 Å². The van der Waals surface area contributed by atoms with Gasteiger partial charge in [-0.1, -0.05) is 0 Å². The number of ether oxygens (including phenoxy) is 1. The molecule has 0 saturated heterocycles. The van der Waals surface area contributed by atoms with Gasteiger partial charge < -0.3 is 10.1 Å². The third-order valence-electron chi connectivity index (χ3n) is 1.46. The van der Waals surface area contributed by atoms with E-state index in [2.05, 4.69) is 10.3 Å². The number of nitrogens with one attached hydrogen (secondary N) is 1. The molecule has 0 aliphatic carbocycles. The molecule has 0 aromatic carbocycles. The van der Waals surface area contributed by atoms with Crippen LogP contribution in [0.15, 0.2) is 18.3 Å². The first-order chi connectivity index (χ1) is 5.86. The van der Waals surface area contributed by atoms with Crippen LogP contribution in [0.2, 0.25) is 0 Å². The molecule has 0 aliphatic heterocycles. The van der Waals surface area contributed by atoms with Gasteiger partial charge in [-0.25, -0.2) is 0 Å². The van der Waals surface area contributed by atoms with Gasteiger partial charge in [-0.05, 0) is 20.0 Å². The Hall–Kier alpha value is -1.09. The summed E-state index contributed by atoms with van der Waals surface area (Å²) in [5, 5.41) is 3.04. The fraction of sp³-hybridized carbons (Fsp3) is 0.444. The molecule has 1 aromatic rings. The highest BCUT2D eigenvalue weighted by atomic mass is 16.5. The van der Waals surface area contributed by atoms with Crippen molar-refractivity contribution >= 4 is 0 Å². The largest absolute Gasteiger partial charge is 0.494 e. The molecule has 0 aliphatic rings. The number of rotatable bonds is 4. The first-order valence-corrected chi connectivity index (χ1v) is 4.09. The Kier molecular flexibility index (Phi) is 3.54. The molecule has 66 valence electrons. The summed E-state index contributed by atoms with van der Waals surface area (Å²) in [6.45, 7) is 3.45. The number of pyridine rings is 1. The standard InChI is InChI=1S/C9H14N2O/c1-3-12-9-4-5-11-8(6-9)7-10-2/h4-6,10H,3,7H2,1-2H3. The predicted molar refractivity (Wildman–Crippen MR) is 48.2 cm³/mol. The Morgan fingerprint density at radius 3 is 3.08 bits per heavy atom. The second-order valence-corrected chi connectivity index (χ2v) is 2.45. The van der Waals surface area contributed by atoms with Crippen LogP contribution >= 0.6 is 0 Å². The van der Waals surface area contributed by atoms with E-state index in [-0.39, 0.29) is 0 Å². The normalized spacial score (nSPS) is 9.83. The van der Waals surface area contributed by atoms with Crippen LogP contribution in [0.4, 0.5) is 0 Å². The van der Waals surface area contributed by atoms with Crippen molar-refractivity contribution in [1.82, 2.24) is 10.3 Å². The highest BCUT2D eigenvalue weighted by molar-refractivity contribution is 5.22. The monoisotopic (exact) mass is 166 g/mol. The van der Waals surface area contributed by atoms with Crippen LogP contribution in [0.1, 0.15) is 12.6 Å². The van der Waals surface area contributed by atoms with Crippen LogP contribution in [0.25, 0.3) is 0 Å².